The molecule has 98 valence electrons. The molecule has 3 rings (SSSR count). The van der Waals surface area contributed by atoms with Crippen LogP contribution in [0.1, 0.15) is 11.1 Å². The van der Waals surface area contributed by atoms with Gasteiger partial charge in [-0.3, -0.25) is 0 Å². The van der Waals surface area contributed by atoms with E-state index >= 15 is 0 Å². The lowest BCUT2D eigenvalue weighted by molar-refractivity contribution is 0.431. The van der Waals surface area contributed by atoms with Crippen molar-refractivity contribution in [2.75, 3.05) is 11.4 Å². The standard InChI is InChI=1S/C15H13F2NO/c16-12-3-2-11-5-6-18(14(11)8-12)9-10-1-4-15(19)13(17)7-10/h1-4,7-8,19H,5-6,9H2. The van der Waals surface area contributed by atoms with Gasteiger partial charge in [0.25, 0.3) is 0 Å². The number of anilines is 1. The molecule has 1 heterocycles. The van der Waals surface area contributed by atoms with Gasteiger partial charge in [0.2, 0.25) is 0 Å². The molecular weight excluding hydrogens is 248 g/mol. The Bertz CT molecular complexity index is 628. The summed E-state index contributed by atoms with van der Waals surface area (Å²) in [6, 6.07) is 9.10. The lowest BCUT2D eigenvalue weighted by Gasteiger charge is -2.19. The third kappa shape index (κ3) is 2.26. The smallest absolute Gasteiger partial charge is 0.165 e. The van der Waals surface area contributed by atoms with Crippen molar-refractivity contribution in [3.63, 3.8) is 0 Å². The molecule has 0 aromatic heterocycles. The maximum absolute atomic E-state index is 13.3. The van der Waals surface area contributed by atoms with E-state index in [4.69, 9.17) is 5.11 Å². The molecular formula is C15H13F2NO. The van der Waals surface area contributed by atoms with Crippen molar-refractivity contribution in [2.24, 2.45) is 0 Å². The zero-order valence-electron chi connectivity index (χ0n) is 10.2. The maximum Gasteiger partial charge on any atom is 0.165 e. The molecule has 2 nitrogen and oxygen atoms in total. The van der Waals surface area contributed by atoms with Gasteiger partial charge < -0.3 is 10.0 Å². The summed E-state index contributed by atoms with van der Waals surface area (Å²) in [4.78, 5) is 2.02. The molecule has 2 aromatic rings. The van der Waals surface area contributed by atoms with Crippen LogP contribution in [0.15, 0.2) is 36.4 Å². The second-order valence-electron chi connectivity index (χ2n) is 4.73. The minimum absolute atomic E-state index is 0.262. The van der Waals surface area contributed by atoms with Crippen LogP contribution >= 0.6 is 0 Å². The van der Waals surface area contributed by atoms with E-state index in [1.54, 1.807) is 12.1 Å². The van der Waals surface area contributed by atoms with E-state index in [-0.39, 0.29) is 11.6 Å². The summed E-state index contributed by atoms with van der Waals surface area (Å²) in [7, 11) is 0. The van der Waals surface area contributed by atoms with E-state index < -0.39 is 5.82 Å². The van der Waals surface area contributed by atoms with E-state index in [2.05, 4.69) is 0 Å². The maximum atomic E-state index is 13.3. The van der Waals surface area contributed by atoms with Gasteiger partial charge in [-0.25, -0.2) is 8.78 Å². The number of hydrogen-bond acceptors (Lipinski definition) is 2. The number of fused-ring (bicyclic) bond motifs is 1. The summed E-state index contributed by atoms with van der Waals surface area (Å²) in [5, 5.41) is 9.16. The highest BCUT2D eigenvalue weighted by Crippen LogP contribution is 2.30. The van der Waals surface area contributed by atoms with Crippen LogP contribution < -0.4 is 4.90 Å². The Balaban J connectivity index is 1.86. The molecule has 2 aromatic carbocycles. The van der Waals surface area contributed by atoms with Gasteiger partial charge in [-0.05, 0) is 41.8 Å². The Morgan fingerprint density at radius 3 is 2.74 bits per heavy atom. The molecule has 0 bridgehead atoms. The topological polar surface area (TPSA) is 23.5 Å². The van der Waals surface area contributed by atoms with Crippen LogP contribution in [0.5, 0.6) is 5.75 Å². The molecule has 1 N–H and O–H groups in total. The molecule has 0 amide bonds. The molecule has 1 aliphatic heterocycles. The Labute approximate surface area is 109 Å². The number of rotatable bonds is 2. The Kier molecular flexibility index (Phi) is 2.85. The molecule has 0 saturated heterocycles. The fourth-order valence-corrected chi connectivity index (χ4v) is 2.45. The first-order valence-electron chi connectivity index (χ1n) is 6.14. The average Bonchev–Trinajstić information content (AvgIpc) is 2.77. The van der Waals surface area contributed by atoms with Gasteiger partial charge in [-0.15, -0.1) is 0 Å². The lowest BCUT2D eigenvalue weighted by atomic mass is 10.1. The summed E-state index contributed by atoms with van der Waals surface area (Å²) in [6.45, 7) is 1.30. The van der Waals surface area contributed by atoms with Gasteiger partial charge in [-0.2, -0.15) is 0 Å². The van der Waals surface area contributed by atoms with Crippen molar-refractivity contribution in [3.8, 4) is 5.75 Å². The highest BCUT2D eigenvalue weighted by atomic mass is 19.1. The van der Waals surface area contributed by atoms with E-state index in [1.165, 1.54) is 24.3 Å². The van der Waals surface area contributed by atoms with Gasteiger partial charge in [0, 0.05) is 18.8 Å². The van der Waals surface area contributed by atoms with Gasteiger partial charge >= 0.3 is 0 Å². The molecule has 0 spiro atoms. The Hall–Kier alpha value is -2.10. The summed E-state index contributed by atoms with van der Waals surface area (Å²) in [5.74, 6) is -1.24. The van der Waals surface area contributed by atoms with Gasteiger partial charge in [0.05, 0.1) is 0 Å². The summed E-state index contributed by atoms with van der Waals surface area (Å²) < 4.78 is 26.6. The first-order chi connectivity index (χ1) is 9.13. The molecule has 0 fully saturated rings. The van der Waals surface area contributed by atoms with Crippen LogP contribution in [0.2, 0.25) is 0 Å². The molecule has 4 heteroatoms. The number of nitrogens with zero attached hydrogens (tertiary/aromatic N) is 1. The van der Waals surface area contributed by atoms with Crippen LogP contribution in [0.25, 0.3) is 0 Å². The van der Waals surface area contributed by atoms with Crippen molar-refractivity contribution in [2.45, 2.75) is 13.0 Å². The monoisotopic (exact) mass is 261 g/mol. The summed E-state index contributed by atoms with van der Waals surface area (Å²) >= 11 is 0. The highest BCUT2D eigenvalue weighted by Gasteiger charge is 2.19. The van der Waals surface area contributed by atoms with Gasteiger partial charge in [0.1, 0.15) is 5.82 Å². The quantitative estimate of drug-likeness (QED) is 0.897. The predicted molar refractivity (Wildman–Crippen MR) is 69.2 cm³/mol. The van der Waals surface area contributed by atoms with Crippen LogP contribution in [-0.4, -0.2) is 11.7 Å². The van der Waals surface area contributed by atoms with E-state index in [9.17, 15) is 8.78 Å². The van der Waals surface area contributed by atoms with Crippen molar-refractivity contribution in [1.29, 1.82) is 0 Å². The van der Waals surface area contributed by atoms with Crippen molar-refractivity contribution >= 4 is 5.69 Å². The lowest BCUT2D eigenvalue weighted by Crippen LogP contribution is -2.19. The van der Waals surface area contributed by atoms with Crippen LogP contribution in [0, 0.1) is 11.6 Å². The minimum atomic E-state index is -0.629. The summed E-state index contributed by atoms with van der Waals surface area (Å²) in [5.41, 5.74) is 2.74. The third-order valence-corrected chi connectivity index (χ3v) is 3.42. The van der Waals surface area contributed by atoms with E-state index in [1.807, 2.05) is 4.90 Å². The van der Waals surface area contributed by atoms with Crippen molar-refractivity contribution < 1.29 is 13.9 Å². The number of hydrogen-bond donors (Lipinski definition) is 1. The van der Waals surface area contributed by atoms with Crippen molar-refractivity contribution in [1.82, 2.24) is 0 Å². The third-order valence-electron chi connectivity index (χ3n) is 3.42. The molecule has 0 radical (unpaired) electrons. The minimum Gasteiger partial charge on any atom is -0.505 e. The predicted octanol–water partition coefficient (Wildman–Crippen LogP) is 3.23. The summed E-state index contributed by atoms with van der Waals surface area (Å²) in [6.07, 6.45) is 0.871. The second-order valence-corrected chi connectivity index (χ2v) is 4.73. The fourth-order valence-electron chi connectivity index (χ4n) is 2.45. The van der Waals surface area contributed by atoms with Gasteiger partial charge in [0.15, 0.2) is 11.6 Å². The Morgan fingerprint density at radius 1 is 1.11 bits per heavy atom. The van der Waals surface area contributed by atoms with E-state index in [0.717, 1.165) is 29.8 Å². The Morgan fingerprint density at radius 2 is 1.95 bits per heavy atom. The zero-order chi connectivity index (χ0) is 13.4. The molecule has 0 unspecified atom stereocenters. The zero-order valence-corrected chi connectivity index (χ0v) is 10.2. The van der Waals surface area contributed by atoms with Crippen LogP contribution in [0.4, 0.5) is 14.5 Å². The number of benzene rings is 2. The van der Waals surface area contributed by atoms with Crippen LogP contribution in [0.3, 0.4) is 0 Å². The van der Waals surface area contributed by atoms with Crippen molar-refractivity contribution in [3.05, 3.63) is 59.2 Å². The molecule has 0 atom stereocenters. The van der Waals surface area contributed by atoms with Gasteiger partial charge in [-0.1, -0.05) is 12.1 Å². The number of phenolic OH excluding ortho intramolecular Hbond substituents is 1. The largest absolute Gasteiger partial charge is 0.505 e. The first-order valence-corrected chi connectivity index (χ1v) is 6.14. The number of halogens is 2. The second kappa shape index (κ2) is 4.53. The number of phenols is 1. The number of aromatic hydroxyl groups is 1. The molecule has 1 aliphatic rings. The molecule has 19 heavy (non-hydrogen) atoms. The first kappa shape index (κ1) is 12.0. The fraction of sp³-hybridized carbons (Fsp3) is 0.200. The highest BCUT2D eigenvalue weighted by molar-refractivity contribution is 5.58. The SMILES string of the molecule is Oc1ccc(CN2CCc3ccc(F)cc32)cc1F. The normalized spacial score (nSPS) is 13.7. The van der Waals surface area contributed by atoms with E-state index in [0.29, 0.717) is 6.54 Å². The molecule has 0 saturated carbocycles. The average molecular weight is 261 g/mol. The molecule has 0 aliphatic carbocycles. The van der Waals surface area contributed by atoms with Crippen LogP contribution in [-0.2, 0) is 13.0 Å².